The van der Waals surface area contributed by atoms with E-state index in [-0.39, 0.29) is 17.0 Å². The third-order valence-corrected chi connectivity index (χ3v) is 3.55. The Balaban J connectivity index is 2.21. The fourth-order valence-corrected chi connectivity index (χ4v) is 2.16. The molecular weight excluding hydrogens is 306 g/mol. The second kappa shape index (κ2) is 6.26. The number of nitrogens with zero attached hydrogens (tertiary/aromatic N) is 5. The minimum atomic E-state index is -0.240. The summed E-state index contributed by atoms with van der Waals surface area (Å²) >= 11 is 0. The van der Waals surface area contributed by atoms with E-state index in [1.807, 2.05) is 10.7 Å². The van der Waals surface area contributed by atoms with Crippen molar-refractivity contribution in [3.63, 3.8) is 0 Å². The minimum absolute atomic E-state index is 0.0955. The quantitative estimate of drug-likeness (QED) is 0.903. The van der Waals surface area contributed by atoms with Gasteiger partial charge in [0.1, 0.15) is 18.0 Å². The predicted molar refractivity (Wildman–Crippen MR) is 92.8 cm³/mol. The molecule has 0 aliphatic carbocycles. The maximum Gasteiger partial charge on any atom is 0.323 e. The molecule has 2 N–H and O–H groups in total. The smallest absolute Gasteiger partial charge is 0.320 e. The number of aromatic nitrogens is 5. The summed E-state index contributed by atoms with van der Waals surface area (Å²) in [5, 5.41) is 14.2. The van der Waals surface area contributed by atoms with Crippen LogP contribution < -0.4 is 5.32 Å². The van der Waals surface area contributed by atoms with Crippen molar-refractivity contribution in [1.29, 1.82) is 0 Å². The number of hydrogen-bond donors (Lipinski definition) is 2. The average Bonchev–Trinajstić information content (AvgIpc) is 3.06. The largest absolute Gasteiger partial charge is 0.323 e. The molecule has 0 atom stereocenters. The normalized spacial score (nSPS) is 12.3. The van der Waals surface area contributed by atoms with Crippen LogP contribution in [0.4, 0.5) is 10.6 Å². The molecule has 8 nitrogen and oxygen atoms in total. The van der Waals surface area contributed by atoms with Gasteiger partial charge in [-0.1, -0.05) is 20.8 Å². The Morgan fingerprint density at radius 3 is 2.46 bits per heavy atom. The highest BCUT2D eigenvalue weighted by Gasteiger charge is 2.26. The van der Waals surface area contributed by atoms with Gasteiger partial charge in [-0.2, -0.15) is 10.2 Å². The van der Waals surface area contributed by atoms with E-state index in [1.54, 1.807) is 7.05 Å². The number of carbonyl (C=O) groups is 1. The van der Waals surface area contributed by atoms with Crippen LogP contribution in [0.2, 0.25) is 0 Å². The Morgan fingerprint density at radius 1 is 1.29 bits per heavy atom. The molecule has 2 amide bonds. The summed E-state index contributed by atoms with van der Waals surface area (Å²) in [5.41, 5.74) is 0.600. The van der Waals surface area contributed by atoms with E-state index in [2.05, 4.69) is 62.0 Å². The van der Waals surface area contributed by atoms with Crippen LogP contribution in [0, 0.1) is 0 Å². The van der Waals surface area contributed by atoms with Gasteiger partial charge in [0.15, 0.2) is 0 Å². The van der Waals surface area contributed by atoms with Gasteiger partial charge in [-0.25, -0.2) is 14.5 Å². The zero-order chi connectivity index (χ0) is 18.1. The lowest BCUT2D eigenvalue weighted by Gasteiger charge is -2.24. The molecule has 2 aromatic rings. The van der Waals surface area contributed by atoms with Crippen molar-refractivity contribution < 1.29 is 4.79 Å². The van der Waals surface area contributed by atoms with Gasteiger partial charge in [0.05, 0.1) is 17.8 Å². The molecule has 132 valence electrons. The number of amides is 2. The molecule has 0 spiro atoms. The highest BCUT2D eigenvalue weighted by atomic mass is 16.2. The van der Waals surface area contributed by atoms with Crippen LogP contribution in [0.25, 0.3) is 0 Å². The molecule has 0 aliphatic heterocycles. The number of urea groups is 1. The van der Waals surface area contributed by atoms with Gasteiger partial charge in [-0.3, -0.25) is 10.4 Å². The van der Waals surface area contributed by atoms with Crippen LogP contribution in [0.5, 0.6) is 0 Å². The lowest BCUT2D eigenvalue weighted by atomic mass is 9.92. The first-order valence-corrected chi connectivity index (χ1v) is 7.96. The van der Waals surface area contributed by atoms with Gasteiger partial charge in [0.25, 0.3) is 0 Å². The van der Waals surface area contributed by atoms with Crippen molar-refractivity contribution in [2.75, 3.05) is 12.4 Å². The highest BCUT2D eigenvalue weighted by molar-refractivity contribution is 5.88. The summed E-state index contributed by atoms with van der Waals surface area (Å²) in [7, 11) is 1.71. The van der Waals surface area contributed by atoms with E-state index in [4.69, 9.17) is 5.10 Å². The Hall–Kier alpha value is -2.38. The number of nitrogens with one attached hydrogen (secondary N) is 2. The monoisotopic (exact) mass is 333 g/mol. The van der Waals surface area contributed by atoms with E-state index in [1.165, 1.54) is 11.2 Å². The number of H-pyrrole nitrogens is 1. The summed E-state index contributed by atoms with van der Waals surface area (Å²) in [5.74, 6) is 1.31. The van der Waals surface area contributed by atoms with Gasteiger partial charge in [-0.15, -0.1) is 0 Å². The topological polar surface area (TPSA) is 91.7 Å². The van der Waals surface area contributed by atoms with Gasteiger partial charge < -0.3 is 4.90 Å². The lowest BCUT2D eigenvalue weighted by molar-refractivity contribution is 0.219. The number of carbonyl (C=O) groups excluding carboxylic acids is 1. The molecular formula is C16H27N7O. The molecule has 0 aliphatic rings. The number of anilines is 1. The molecule has 24 heavy (non-hydrogen) atoms. The van der Waals surface area contributed by atoms with Gasteiger partial charge in [0.2, 0.25) is 0 Å². The summed E-state index contributed by atoms with van der Waals surface area (Å²) in [6, 6.07) is 1.71. The Kier molecular flexibility index (Phi) is 4.68. The number of hydrogen-bond acceptors (Lipinski definition) is 4. The maximum atomic E-state index is 12.5. The van der Waals surface area contributed by atoms with Crippen molar-refractivity contribution in [2.45, 2.75) is 59.0 Å². The molecule has 2 aromatic heterocycles. The Labute approximate surface area is 142 Å². The van der Waals surface area contributed by atoms with E-state index in [0.29, 0.717) is 18.2 Å². The van der Waals surface area contributed by atoms with E-state index >= 15 is 0 Å². The first kappa shape index (κ1) is 18.0. The molecule has 0 saturated heterocycles. The predicted octanol–water partition coefficient (Wildman–Crippen LogP) is 2.72. The molecule has 2 heterocycles. The molecule has 0 fully saturated rings. The summed E-state index contributed by atoms with van der Waals surface area (Å²) in [4.78, 5) is 18.1. The molecule has 0 radical (unpaired) electrons. The van der Waals surface area contributed by atoms with Crippen LogP contribution in [0.15, 0.2) is 12.4 Å². The third kappa shape index (κ3) is 4.12. The zero-order valence-corrected chi connectivity index (χ0v) is 15.5. The number of rotatable bonds is 3. The van der Waals surface area contributed by atoms with Crippen molar-refractivity contribution >= 4 is 11.8 Å². The van der Waals surface area contributed by atoms with Crippen LogP contribution in [-0.4, -0.2) is 42.9 Å². The second-order valence-corrected chi connectivity index (χ2v) is 7.97. The summed E-state index contributed by atoms with van der Waals surface area (Å²) < 4.78 is 1.85. The van der Waals surface area contributed by atoms with Gasteiger partial charge in [0, 0.05) is 18.5 Å². The molecule has 0 saturated carbocycles. The first-order valence-electron chi connectivity index (χ1n) is 7.96. The Morgan fingerprint density at radius 2 is 1.96 bits per heavy atom. The number of aromatic amines is 1. The van der Waals surface area contributed by atoms with Gasteiger partial charge >= 0.3 is 6.03 Å². The SMILES string of the molecule is CN(Cc1ncn[nH]1)C(=O)Nc1cc(C(C)(C)C)nn1C(C)(C)C. The highest BCUT2D eigenvalue weighted by Crippen LogP contribution is 2.28. The van der Waals surface area contributed by atoms with Crippen molar-refractivity contribution in [3.8, 4) is 0 Å². The van der Waals surface area contributed by atoms with E-state index in [0.717, 1.165) is 5.69 Å². The molecule has 0 unspecified atom stereocenters. The molecule has 2 rings (SSSR count). The summed E-state index contributed by atoms with van der Waals surface area (Å²) in [6.45, 7) is 12.8. The van der Waals surface area contributed by atoms with E-state index in [9.17, 15) is 4.79 Å². The Bertz CT molecular complexity index is 689. The third-order valence-electron chi connectivity index (χ3n) is 3.55. The van der Waals surface area contributed by atoms with Crippen LogP contribution in [0.3, 0.4) is 0 Å². The van der Waals surface area contributed by atoms with Crippen molar-refractivity contribution in [3.05, 3.63) is 23.9 Å². The van der Waals surface area contributed by atoms with Crippen molar-refractivity contribution in [1.82, 2.24) is 29.9 Å². The van der Waals surface area contributed by atoms with Crippen LogP contribution in [-0.2, 0) is 17.5 Å². The van der Waals surface area contributed by atoms with Crippen LogP contribution >= 0.6 is 0 Å². The molecule has 0 bridgehead atoms. The van der Waals surface area contributed by atoms with Crippen LogP contribution in [0.1, 0.15) is 53.1 Å². The molecule has 0 aromatic carbocycles. The minimum Gasteiger partial charge on any atom is -0.320 e. The van der Waals surface area contributed by atoms with Crippen molar-refractivity contribution in [2.24, 2.45) is 0 Å². The zero-order valence-electron chi connectivity index (χ0n) is 15.5. The molecule has 8 heteroatoms. The standard InChI is InChI=1S/C16H27N7O/c1-15(2,3)11-8-13(23(21-11)16(4,5)6)19-14(24)22(7)9-12-17-10-18-20-12/h8,10H,9H2,1-7H3,(H,19,24)(H,17,18,20). The average molecular weight is 333 g/mol. The van der Waals surface area contributed by atoms with Gasteiger partial charge in [-0.05, 0) is 20.8 Å². The summed E-state index contributed by atoms with van der Waals surface area (Å²) in [6.07, 6.45) is 1.42. The maximum absolute atomic E-state index is 12.5. The fraction of sp³-hybridized carbons (Fsp3) is 0.625. The first-order chi connectivity index (χ1) is 11.0. The fourth-order valence-electron chi connectivity index (χ4n) is 2.16. The second-order valence-electron chi connectivity index (χ2n) is 7.97. The van der Waals surface area contributed by atoms with E-state index < -0.39 is 0 Å². The lowest BCUT2D eigenvalue weighted by Crippen LogP contribution is -2.34.